The maximum Gasteiger partial charge on any atom is 0.337 e. The molecule has 0 fully saturated rings. The second-order valence-electron chi connectivity index (χ2n) is 5.32. The van der Waals surface area contributed by atoms with Crippen LogP contribution in [0.2, 0.25) is 0 Å². The fourth-order valence-electron chi connectivity index (χ4n) is 2.18. The Balaban J connectivity index is 2.00. The molecule has 0 unspecified atom stereocenters. The van der Waals surface area contributed by atoms with Crippen LogP contribution < -0.4 is 14.8 Å². The molecule has 1 N–H and O–H groups in total. The van der Waals surface area contributed by atoms with Gasteiger partial charge in [0.25, 0.3) is 5.91 Å². The molecule has 2 aromatic rings. The molecular formula is C19H21NO5. The molecule has 0 saturated heterocycles. The summed E-state index contributed by atoms with van der Waals surface area (Å²) >= 11 is 0. The summed E-state index contributed by atoms with van der Waals surface area (Å²) in [4.78, 5) is 23.8. The Labute approximate surface area is 146 Å². The zero-order chi connectivity index (χ0) is 18.2. The summed E-state index contributed by atoms with van der Waals surface area (Å²) in [6.07, 6.45) is -0.721. The molecule has 6 nitrogen and oxygen atoms in total. The molecule has 0 radical (unpaired) electrons. The average Bonchev–Trinajstić information content (AvgIpc) is 2.66. The van der Waals surface area contributed by atoms with Crippen molar-refractivity contribution >= 4 is 11.9 Å². The number of methoxy groups -OCH3 is 2. The summed E-state index contributed by atoms with van der Waals surface area (Å²) in [5.41, 5.74) is 1.34. The van der Waals surface area contributed by atoms with Gasteiger partial charge in [-0.25, -0.2) is 4.79 Å². The molecule has 0 saturated carbocycles. The van der Waals surface area contributed by atoms with Crippen LogP contribution >= 0.6 is 0 Å². The minimum atomic E-state index is -0.721. The van der Waals surface area contributed by atoms with Gasteiger partial charge >= 0.3 is 5.97 Å². The van der Waals surface area contributed by atoms with Crippen LogP contribution in [0, 0.1) is 0 Å². The van der Waals surface area contributed by atoms with E-state index in [1.807, 2.05) is 30.3 Å². The van der Waals surface area contributed by atoms with Gasteiger partial charge in [0, 0.05) is 6.54 Å². The first-order valence-corrected chi connectivity index (χ1v) is 7.79. The van der Waals surface area contributed by atoms with Crippen molar-refractivity contribution in [2.75, 3.05) is 14.2 Å². The Morgan fingerprint density at radius 2 is 1.76 bits per heavy atom. The number of hydrogen-bond acceptors (Lipinski definition) is 5. The smallest absolute Gasteiger partial charge is 0.337 e. The molecule has 2 aromatic carbocycles. The van der Waals surface area contributed by atoms with Crippen LogP contribution in [0.3, 0.4) is 0 Å². The van der Waals surface area contributed by atoms with Crippen LogP contribution in [0.1, 0.15) is 22.8 Å². The summed E-state index contributed by atoms with van der Waals surface area (Å²) in [6.45, 7) is 2.07. The van der Waals surface area contributed by atoms with Crippen molar-refractivity contribution in [2.45, 2.75) is 19.6 Å². The number of ether oxygens (including phenoxy) is 3. The molecule has 0 aromatic heterocycles. The lowest BCUT2D eigenvalue weighted by atomic mass is 10.2. The Kier molecular flexibility index (Phi) is 6.39. The van der Waals surface area contributed by atoms with E-state index in [2.05, 4.69) is 10.1 Å². The SMILES string of the molecule is COC(=O)c1ccc(O[C@H](C)C(=O)NCc2ccccc2)c(OC)c1. The van der Waals surface area contributed by atoms with E-state index in [9.17, 15) is 9.59 Å². The zero-order valence-electron chi connectivity index (χ0n) is 14.4. The largest absolute Gasteiger partial charge is 0.493 e. The Bertz CT molecular complexity index is 730. The lowest BCUT2D eigenvalue weighted by Gasteiger charge is -2.17. The van der Waals surface area contributed by atoms with E-state index < -0.39 is 12.1 Å². The third kappa shape index (κ3) is 4.97. The maximum atomic E-state index is 12.2. The molecule has 0 aliphatic heterocycles. The van der Waals surface area contributed by atoms with E-state index in [4.69, 9.17) is 9.47 Å². The quantitative estimate of drug-likeness (QED) is 0.782. The van der Waals surface area contributed by atoms with Crippen molar-refractivity contribution in [3.05, 3.63) is 59.7 Å². The number of rotatable bonds is 7. The minimum Gasteiger partial charge on any atom is -0.493 e. The van der Waals surface area contributed by atoms with Gasteiger partial charge in [0.2, 0.25) is 0 Å². The topological polar surface area (TPSA) is 73.9 Å². The second kappa shape index (κ2) is 8.73. The van der Waals surface area contributed by atoms with Crippen LogP contribution in [0.25, 0.3) is 0 Å². The van der Waals surface area contributed by atoms with Gasteiger partial charge in [-0.15, -0.1) is 0 Å². The van der Waals surface area contributed by atoms with Gasteiger partial charge in [-0.05, 0) is 30.7 Å². The fourth-order valence-corrected chi connectivity index (χ4v) is 2.18. The van der Waals surface area contributed by atoms with Gasteiger partial charge in [-0.2, -0.15) is 0 Å². The van der Waals surface area contributed by atoms with E-state index in [0.29, 0.717) is 23.6 Å². The van der Waals surface area contributed by atoms with Crippen molar-refractivity contribution in [1.82, 2.24) is 5.32 Å². The molecule has 0 aliphatic rings. The van der Waals surface area contributed by atoms with E-state index in [1.165, 1.54) is 20.3 Å². The van der Waals surface area contributed by atoms with Crippen molar-refractivity contribution in [3.8, 4) is 11.5 Å². The van der Waals surface area contributed by atoms with Crippen LogP contribution in [0.15, 0.2) is 48.5 Å². The maximum absolute atomic E-state index is 12.2. The van der Waals surface area contributed by atoms with Gasteiger partial charge in [-0.1, -0.05) is 30.3 Å². The number of amides is 1. The van der Waals surface area contributed by atoms with Crippen LogP contribution in [0.5, 0.6) is 11.5 Å². The average molecular weight is 343 g/mol. The van der Waals surface area contributed by atoms with E-state index in [-0.39, 0.29) is 5.91 Å². The molecule has 0 heterocycles. The standard InChI is InChI=1S/C19H21NO5/c1-13(18(21)20-12-14-7-5-4-6-8-14)25-16-10-9-15(19(22)24-3)11-17(16)23-2/h4-11,13H,12H2,1-3H3,(H,20,21)/t13-/m1/s1. The van der Waals surface area contributed by atoms with E-state index in [0.717, 1.165) is 5.56 Å². The monoisotopic (exact) mass is 343 g/mol. The Morgan fingerprint density at radius 1 is 1.04 bits per heavy atom. The summed E-state index contributed by atoms with van der Waals surface area (Å²) in [5.74, 6) is 0.00424. The van der Waals surface area contributed by atoms with Crippen LogP contribution in [0.4, 0.5) is 0 Å². The summed E-state index contributed by atoms with van der Waals surface area (Å²) in [5, 5.41) is 2.82. The highest BCUT2D eigenvalue weighted by molar-refractivity contribution is 5.90. The summed E-state index contributed by atoms with van der Waals surface area (Å²) in [7, 11) is 2.77. The summed E-state index contributed by atoms with van der Waals surface area (Å²) < 4.78 is 15.6. The molecule has 0 aliphatic carbocycles. The molecule has 6 heteroatoms. The third-order valence-corrected chi connectivity index (χ3v) is 3.57. The minimum absolute atomic E-state index is 0.247. The van der Waals surface area contributed by atoms with Crippen molar-refractivity contribution in [2.24, 2.45) is 0 Å². The lowest BCUT2D eigenvalue weighted by molar-refractivity contribution is -0.127. The zero-order valence-corrected chi connectivity index (χ0v) is 14.4. The number of hydrogen-bond donors (Lipinski definition) is 1. The first-order valence-electron chi connectivity index (χ1n) is 7.79. The van der Waals surface area contributed by atoms with E-state index in [1.54, 1.807) is 19.1 Å². The Hall–Kier alpha value is -3.02. The first-order chi connectivity index (χ1) is 12.0. The van der Waals surface area contributed by atoms with Crippen LogP contribution in [-0.2, 0) is 16.1 Å². The number of carbonyl (C=O) groups excluding carboxylic acids is 2. The molecule has 0 spiro atoms. The highest BCUT2D eigenvalue weighted by Gasteiger charge is 2.18. The molecule has 25 heavy (non-hydrogen) atoms. The van der Waals surface area contributed by atoms with Crippen LogP contribution in [-0.4, -0.2) is 32.2 Å². The van der Waals surface area contributed by atoms with Gasteiger partial charge in [0.1, 0.15) is 0 Å². The second-order valence-corrected chi connectivity index (χ2v) is 5.32. The summed E-state index contributed by atoms with van der Waals surface area (Å²) in [6, 6.07) is 14.2. The first kappa shape index (κ1) is 18.3. The number of benzene rings is 2. The Morgan fingerprint density at radius 3 is 2.40 bits per heavy atom. The van der Waals surface area contributed by atoms with Gasteiger partial charge in [0.15, 0.2) is 17.6 Å². The fraction of sp³-hybridized carbons (Fsp3) is 0.263. The lowest BCUT2D eigenvalue weighted by Crippen LogP contribution is -2.36. The van der Waals surface area contributed by atoms with Gasteiger partial charge in [0.05, 0.1) is 19.8 Å². The molecule has 1 amide bonds. The molecule has 0 bridgehead atoms. The normalized spacial score (nSPS) is 11.3. The molecule has 2 rings (SSSR count). The predicted octanol–water partition coefficient (Wildman–Crippen LogP) is 2.57. The number of esters is 1. The van der Waals surface area contributed by atoms with Crippen molar-refractivity contribution in [3.63, 3.8) is 0 Å². The number of carbonyl (C=O) groups is 2. The third-order valence-electron chi connectivity index (χ3n) is 3.57. The molecule has 132 valence electrons. The highest BCUT2D eigenvalue weighted by atomic mass is 16.5. The number of nitrogens with one attached hydrogen (secondary N) is 1. The molecular weight excluding hydrogens is 322 g/mol. The van der Waals surface area contributed by atoms with E-state index >= 15 is 0 Å². The highest BCUT2D eigenvalue weighted by Crippen LogP contribution is 2.29. The predicted molar refractivity (Wildman–Crippen MR) is 92.7 cm³/mol. The van der Waals surface area contributed by atoms with Crippen molar-refractivity contribution in [1.29, 1.82) is 0 Å². The van der Waals surface area contributed by atoms with Crippen molar-refractivity contribution < 1.29 is 23.8 Å². The molecule has 1 atom stereocenters. The van der Waals surface area contributed by atoms with Gasteiger partial charge < -0.3 is 19.5 Å². The van der Waals surface area contributed by atoms with Gasteiger partial charge in [-0.3, -0.25) is 4.79 Å².